The molecule has 0 spiro atoms. The summed E-state index contributed by atoms with van der Waals surface area (Å²) < 4.78 is 17.7. The number of nitro groups is 1. The molecule has 0 saturated heterocycles. The lowest BCUT2D eigenvalue weighted by Gasteiger charge is -2.15. The van der Waals surface area contributed by atoms with Crippen LogP contribution in [0, 0.1) is 10.1 Å². The monoisotopic (exact) mass is 356 g/mol. The molecule has 0 atom stereocenters. The van der Waals surface area contributed by atoms with E-state index in [9.17, 15) is 10.1 Å². The molecule has 0 unspecified atom stereocenters. The van der Waals surface area contributed by atoms with Crippen molar-refractivity contribution in [2.75, 3.05) is 21.3 Å². The van der Waals surface area contributed by atoms with Gasteiger partial charge < -0.3 is 14.2 Å². The van der Waals surface area contributed by atoms with E-state index in [0.29, 0.717) is 34.2 Å². The van der Waals surface area contributed by atoms with Crippen molar-refractivity contribution < 1.29 is 19.1 Å². The molecule has 3 rings (SSSR count). The number of rotatable bonds is 6. The van der Waals surface area contributed by atoms with Crippen molar-refractivity contribution in [3.05, 3.63) is 52.7 Å². The molecule has 0 aliphatic carbocycles. The van der Waals surface area contributed by atoms with Crippen LogP contribution in [-0.2, 0) is 0 Å². The van der Waals surface area contributed by atoms with Crippen LogP contribution in [0.3, 0.4) is 0 Å². The lowest BCUT2D eigenvalue weighted by atomic mass is 10.1. The van der Waals surface area contributed by atoms with Gasteiger partial charge in [-0.1, -0.05) is 5.21 Å². The molecule has 134 valence electrons. The van der Waals surface area contributed by atoms with E-state index in [1.54, 1.807) is 42.3 Å². The number of hydrogen-bond donors (Lipinski definition) is 0. The summed E-state index contributed by atoms with van der Waals surface area (Å²) in [5.41, 5.74) is 1.92. The largest absolute Gasteiger partial charge is 0.497 e. The quantitative estimate of drug-likeness (QED) is 0.494. The summed E-state index contributed by atoms with van der Waals surface area (Å²) in [6.07, 6.45) is 1.56. The molecule has 0 radical (unpaired) electrons. The van der Waals surface area contributed by atoms with Gasteiger partial charge in [-0.15, -0.1) is 5.10 Å². The van der Waals surface area contributed by atoms with Crippen LogP contribution in [0.4, 0.5) is 5.69 Å². The molecule has 0 amide bonds. The predicted molar refractivity (Wildman–Crippen MR) is 93.1 cm³/mol. The van der Waals surface area contributed by atoms with E-state index in [4.69, 9.17) is 14.2 Å². The maximum atomic E-state index is 10.8. The standard InChI is InChI=1S/C17H16N4O5/c1-24-13-8-14(17(26-3)16(9-13)25-2)20-15(10-18-19-20)11-4-6-12(7-5-11)21(22)23/h4-10H,1-3H3. The fraction of sp³-hybridized carbons (Fsp3) is 0.176. The Kier molecular flexibility index (Phi) is 4.70. The van der Waals surface area contributed by atoms with Gasteiger partial charge in [0.1, 0.15) is 11.4 Å². The second kappa shape index (κ2) is 7.09. The Morgan fingerprint density at radius 1 is 1.04 bits per heavy atom. The fourth-order valence-corrected chi connectivity index (χ4v) is 2.56. The highest BCUT2D eigenvalue weighted by molar-refractivity contribution is 5.67. The Morgan fingerprint density at radius 2 is 1.77 bits per heavy atom. The van der Waals surface area contributed by atoms with E-state index in [1.807, 2.05) is 0 Å². The summed E-state index contributed by atoms with van der Waals surface area (Å²) in [5, 5.41) is 18.9. The number of methoxy groups -OCH3 is 3. The smallest absolute Gasteiger partial charge is 0.269 e. The molecule has 26 heavy (non-hydrogen) atoms. The molecule has 0 aliphatic rings. The lowest BCUT2D eigenvalue weighted by molar-refractivity contribution is -0.384. The lowest BCUT2D eigenvalue weighted by Crippen LogP contribution is -2.04. The van der Waals surface area contributed by atoms with Gasteiger partial charge in [0.15, 0.2) is 11.5 Å². The zero-order chi connectivity index (χ0) is 18.7. The first-order valence-corrected chi connectivity index (χ1v) is 7.55. The van der Waals surface area contributed by atoms with E-state index in [2.05, 4.69) is 10.3 Å². The van der Waals surface area contributed by atoms with E-state index >= 15 is 0 Å². The van der Waals surface area contributed by atoms with E-state index in [0.717, 1.165) is 0 Å². The predicted octanol–water partition coefficient (Wildman–Crippen LogP) is 2.87. The van der Waals surface area contributed by atoms with Gasteiger partial charge in [-0.25, -0.2) is 4.68 Å². The molecule has 9 nitrogen and oxygen atoms in total. The highest BCUT2D eigenvalue weighted by atomic mass is 16.6. The van der Waals surface area contributed by atoms with Gasteiger partial charge in [0.05, 0.1) is 38.1 Å². The van der Waals surface area contributed by atoms with Gasteiger partial charge in [0, 0.05) is 29.8 Å². The summed E-state index contributed by atoms with van der Waals surface area (Å²) in [6, 6.07) is 9.57. The summed E-state index contributed by atoms with van der Waals surface area (Å²) in [4.78, 5) is 10.4. The number of nitrogens with zero attached hydrogens (tertiary/aromatic N) is 4. The Labute approximate surface area is 148 Å². The molecular weight excluding hydrogens is 340 g/mol. The van der Waals surface area contributed by atoms with E-state index in [1.165, 1.54) is 26.4 Å². The van der Waals surface area contributed by atoms with Gasteiger partial charge >= 0.3 is 0 Å². The maximum absolute atomic E-state index is 10.8. The second-order valence-corrected chi connectivity index (χ2v) is 5.22. The summed E-state index contributed by atoms with van der Waals surface area (Å²) in [5.74, 6) is 1.50. The van der Waals surface area contributed by atoms with E-state index in [-0.39, 0.29) is 5.69 Å². The van der Waals surface area contributed by atoms with Crippen LogP contribution in [-0.4, -0.2) is 41.2 Å². The molecular formula is C17H16N4O5. The highest BCUT2D eigenvalue weighted by Gasteiger charge is 2.19. The van der Waals surface area contributed by atoms with Crippen LogP contribution < -0.4 is 14.2 Å². The van der Waals surface area contributed by atoms with E-state index < -0.39 is 4.92 Å². The third-order valence-electron chi connectivity index (χ3n) is 3.82. The molecule has 1 heterocycles. The van der Waals surface area contributed by atoms with Crippen LogP contribution in [0.2, 0.25) is 0 Å². The Bertz CT molecular complexity index is 937. The molecule has 1 aromatic heterocycles. The van der Waals surface area contributed by atoms with Crippen molar-refractivity contribution >= 4 is 5.69 Å². The molecule has 0 saturated carbocycles. The highest BCUT2D eigenvalue weighted by Crippen LogP contribution is 2.39. The number of ether oxygens (including phenoxy) is 3. The van der Waals surface area contributed by atoms with Crippen LogP contribution in [0.1, 0.15) is 0 Å². The molecule has 3 aromatic rings. The Hall–Kier alpha value is -3.62. The first-order chi connectivity index (χ1) is 12.6. The van der Waals surface area contributed by atoms with Crippen molar-refractivity contribution in [2.24, 2.45) is 0 Å². The average Bonchev–Trinajstić information content (AvgIpc) is 3.16. The van der Waals surface area contributed by atoms with Gasteiger partial charge in [-0.2, -0.15) is 0 Å². The van der Waals surface area contributed by atoms with Gasteiger partial charge in [0.2, 0.25) is 0 Å². The van der Waals surface area contributed by atoms with Crippen LogP contribution in [0.15, 0.2) is 42.6 Å². The van der Waals surface area contributed by atoms with Crippen molar-refractivity contribution in [1.82, 2.24) is 15.0 Å². The summed E-state index contributed by atoms with van der Waals surface area (Å²) in [7, 11) is 4.60. The molecule has 9 heteroatoms. The van der Waals surface area contributed by atoms with Gasteiger partial charge in [-0.05, 0) is 12.1 Å². The SMILES string of the molecule is COc1cc(OC)c(OC)c(-n2nncc2-c2ccc([N+](=O)[O-])cc2)c1. The maximum Gasteiger partial charge on any atom is 0.269 e. The van der Waals surface area contributed by atoms with Crippen LogP contribution in [0.25, 0.3) is 16.9 Å². The van der Waals surface area contributed by atoms with Crippen molar-refractivity contribution in [3.8, 4) is 34.2 Å². The average molecular weight is 356 g/mol. The van der Waals surface area contributed by atoms with Crippen molar-refractivity contribution in [1.29, 1.82) is 0 Å². The van der Waals surface area contributed by atoms with Crippen molar-refractivity contribution in [3.63, 3.8) is 0 Å². The zero-order valence-electron chi connectivity index (χ0n) is 14.4. The fourth-order valence-electron chi connectivity index (χ4n) is 2.56. The zero-order valence-corrected chi connectivity index (χ0v) is 14.4. The number of benzene rings is 2. The normalized spacial score (nSPS) is 10.4. The Morgan fingerprint density at radius 3 is 2.35 bits per heavy atom. The summed E-state index contributed by atoms with van der Waals surface area (Å²) >= 11 is 0. The minimum absolute atomic E-state index is 0.00778. The van der Waals surface area contributed by atoms with Crippen LogP contribution in [0.5, 0.6) is 17.2 Å². The number of non-ortho nitro benzene ring substituents is 1. The molecule has 2 aromatic carbocycles. The number of aromatic nitrogens is 3. The number of nitro benzene ring substituents is 1. The minimum Gasteiger partial charge on any atom is -0.497 e. The topological polar surface area (TPSA) is 102 Å². The first kappa shape index (κ1) is 17.2. The van der Waals surface area contributed by atoms with Crippen LogP contribution >= 0.6 is 0 Å². The third-order valence-corrected chi connectivity index (χ3v) is 3.82. The van der Waals surface area contributed by atoms with Gasteiger partial charge in [-0.3, -0.25) is 10.1 Å². The third kappa shape index (κ3) is 3.02. The Balaban J connectivity index is 2.15. The second-order valence-electron chi connectivity index (χ2n) is 5.22. The molecule has 0 N–H and O–H groups in total. The molecule has 0 fully saturated rings. The number of hydrogen-bond acceptors (Lipinski definition) is 7. The first-order valence-electron chi connectivity index (χ1n) is 7.55. The minimum atomic E-state index is -0.449. The van der Waals surface area contributed by atoms with Gasteiger partial charge in [0.25, 0.3) is 5.69 Å². The molecule has 0 aliphatic heterocycles. The van der Waals surface area contributed by atoms with Crippen molar-refractivity contribution in [2.45, 2.75) is 0 Å². The molecule has 0 bridgehead atoms. The summed E-state index contributed by atoms with van der Waals surface area (Å²) in [6.45, 7) is 0.